The Kier molecular flexibility index (Phi) is 7.51. The van der Waals surface area contributed by atoms with Crippen molar-refractivity contribution in [1.29, 1.82) is 0 Å². The van der Waals surface area contributed by atoms with E-state index in [9.17, 15) is 9.59 Å². The SMILES string of the molecule is CC(C)C[C@@H](CC(=O)C#Cc1ccccc1)NC(=O)OC(C)(C)C. The molecule has 0 bridgehead atoms. The molecule has 4 nitrogen and oxygen atoms in total. The third kappa shape index (κ3) is 8.99. The van der Waals surface area contributed by atoms with Gasteiger partial charge in [0.25, 0.3) is 0 Å². The number of hydrogen-bond donors (Lipinski definition) is 1. The molecule has 1 N–H and O–H groups in total. The third-order valence-corrected chi connectivity index (χ3v) is 3.03. The number of carbonyl (C=O) groups is 2. The lowest BCUT2D eigenvalue weighted by Crippen LogP contribution is -2.40. The van der Waals surface area contributed by atoms with E-state index in [0.29, 0.717) is 12.3 Å². The molecule has 0 heterocycles. The summed E-state index contributed by atoms with van der Waals surface area (Å²) >= 11 is 0. The number of ketones is 1. The smallest absolute Gasteiger partial charge is 0.407 e. The first-order chi connectivity index (χ1) is 11.2. The van der Waals surface area contributed by atoms with Gasteiger partial charge in [-0.15, -0.1) is 0 Å². The Bertz CT molecular complexity index is 603. The van der Waals surface area contributed by atoms with Crippen molar-refractivity contribution in [3.8, 4) is 11.8 Å². The first kappa shape index (κ1) is 19.8. The summed E-state index contributed by atoms with van der Waals surface area (Å²) in [5, 5.41) is 2.78. The fourth-order valence-electron chi connectivity index (χ4n) is 2.17. The third-order valence-electron chi connectivity index (χ3n) is 3.03. The summed E-state index contributed by atoms with van der Waals surface area (Å²) in [6, 6.07) is 9.07. The van der Waals surface area contributed by atoms with Crippen LogP contribution in [0.1, 0.15) is 53.0 Å². The van der Waals surface area contributed by atoms with E-state index < -0.39 is 11.7 Å². The van der Waals surface area contributed by atoms with Crippen LogP contribution in [-0.4, -0.2) is 23.5 Å². The van der Waals surface area contributed by atoms with Gasteiger partial charge in [-0.1, -0.05) is 38.0 Å². The molecule has 1 atom stereocenters. The number of carbonyl (C=O) groups excluding carboxylic acids is 2. The summed E-state index contributed by atoms with van der Waals surface area (Å²) < 4.78 is 5.26. The van der Waals surface area contributed by atoms with E-state index in [1.807, 2.05) is 44.2 Å². The molecule has 1 rings (SSSR count). The molecule has 1 aromatic rings. The van der Waals surface area contributed by atoms with Crippen LogP contribution < -0.4 is 5.32 Å². The minimum Gasteiger partial charge on any atom is -0.444 e. The Morgan fingerprint density at radius 3 is 2.33 bits per heavy atom. The molecule has 0 aromatic heterocycles. The molecule has 0 aliphatic carbocycles. The van der Waals surface area contributed by atoms with E-state index in [0.717, 1.165) is 5.56 Å². The molecular weight excluding hydrogens is 302 g/mol. The molecule has 1 amide bonds. The van der Waals surface area contributed by atoms with E-state index in [4.69, 9.17) is 4.74 Å². The fraction of sp³-hybridized carbons (Fsp3) is 0.500. The largest absolute Gasteiger partial charge is 0.444 e. The topological polar surface area (TPSA) is 55.4 Å². The van der Waals surface area contributed by atoms with Crippen LogP contribution in [0.2, 0.25) is 0 Å². The molecule has 0 spiro atoms. The molecule has 0 saturated carbocycles. The predicted molar refractivity (Wildman–Crippen MR) is 95.6 cm³/mol. The lowest BCUT2D eigenvalue weighted by atomic mass is 9.99. The van der Waals surface area contributed by atoms with Gasteiger partial charge in [-0.05, 0) is 51.2 Å². The Hall–Kier alpha value is -2.28. The van der Waals surface area contributed by atoms with Gasteiger partial charge in [0.15, 0.2) is 0 Å². The van der Waals surface area contributed by atoms with Gasteiger partial charge < -0.3 is 10.1 Å². The second-order valence-corrected chi connectivity index (χ2v) is 7.22. The molecule has 0 fully saturated rings. The van der Waals surface area contributed by atoms with E-state index in [-0.39, 0.29) is 18.2 Å². The minimum atomic E-state index is -0.566. The molecule has 0 unspecified atom stereocenters. The highest BCUT2D eigenvalue weighted by Gasteiger charge is 2.21. The summed E-state index contributed by atoms with van der Waals surface area (Å²) in [5.74, 6) is 5.65. The number of amides is 1. The summed E-state index contributed by atoms with van der Waals surface area (Å²) in [6.07, 6.45) is 0.367. The quantitative estimate of drug-likeness (QED) is 0.833. The van der Waals surface area contributed by atoms with Gasteiger partial charge in [0.2, 0.25) is 5.78 Å². The van der Waals surface area contributed by atoms with Crippen LogP contribution in [0.15, 0.2) is 30.3 Å². The second-order valence-electron chi connectivity index (χ2n) is 7.22. The van der Waals surface area contributed by atoms with Gasteiger partial charge in [0.05, 0.1) is 0 Å². The van der Waals surface area contributed by atoms with Crippen LogP contribution in [0.5, 0.6) is 0 Å². The molecular formula is C20H27NO3. The van der Waals surface area contributed by atoms with E-state index in [1.165, 1.54) is 0 Å². The number of benzene rings is 1. The Balaban J connectivity index is 2.67. The number of Topliss-reactive ketones (excluding diaryl/α,β-unsaturated/α-hetero) is 1. The zero-order valence-electron chi connectivity index (χ0n) is 15.2. The summed E-state index contributed by atoms with van der Waals surface area (Å²) in [6.45, 7) is 9.51. The summed E-state index contributed by atoms with van der Waals surface area (Å²) in [7, 11) is 0. The van der Waals surface area contributed by atoms with Crippen molar-refractivity contribution >= 4 is 11.9 Å². The second kappa shape index (κ2) is 9.12. The summed E-state index contributed by atoms with van der Waals surface area (Å²) in [5.41, 5.74) is 0.232. The lowest BCUT2D eigenvalue weighted by Gasteiger charge is -2.24. The van der Waals surface area contributed by atoms with Gasteiger partial charge in [-0.25, -0.2) is 4.79 Å². The predicted octanol–water partition coefficient (Wildman–Crippen LogP) is 3.94. The van der Waals surface area contributed by atoms with Crippen LogP contribution in [0.4, 0.5) is 4.79 Å². The highest BCUT2D eigenvalue weighted by molar-refractivity contribution is 5.96. The van der Waals surface area contributed by atoms with E-state index >= 15 is 0 Å². The van der Waals surface area contributed by atoms with Crippen molar-refractivity contribution in [3.05, 3.63) is 35.9 Å². The molecule has 24 heavy (non-hydrogen) atoms. The monoisotopic (exact) mass is 329 g/mol. The van der Waals surface area contributed by atoms with Crippen LogP contribution in [0.3, 0.4) is 0 Å². The number of alkyl carbamates (subject to hydrolysis) is 1. The zero-order valence-corrected chi connectivity index (χ0v) is 15.2. The Labute approximate surface area is 145 Å². The number of ether oxygens (including phenoxy) is 1. The van der Waals surface area contributed by atoms with Crippen molar-refractivity contribution in [2.45, 2.75) is 59.1 Å². The number of rotatable bonds is 5. The molecule has 0 aliphatic rings. The average molecular weight is 329 g/mol. The molecule has 0 aliphatic heterocycles. The first-order valence-electron chi connectivity index (χ1n) is 8.25. The van der Waals surface area contributed by atoms with Crippen molar-refractivity contribution in [2.75, 3.05) is 0 Å². The fourth-order valence-corrected chi connectivity index (χ4v) is 2.17. The Morgan fingerprint density at radius 2 is 1.79 bits per heavy atom. The van der Waals surface area contributed by atoms with Crippen LogP contribution >= 0.6 is 0 Å². The number of nitrogens with one attached hydrogen (secondary N) is 1. The maximum absolute atomic E-state index is 12.1. The zero-order chi connectivity index (χ0) is 18.2. The standard InChI is InChI=1S/C20H27NO3/c1-15(2)13-17(21-19(23)24-20(3,4)5)14-18(22)12-11-16-9-7-6-8-10-16/h6-10,15,17H,13-14H2,1-5H3,(H,21,23)/t17-/m0/s1. The normalized spacial score (nSPS) is 12.1. The lowest BCUT2D eigenvalue weighted by molar-refractivity contribution is -0.114. The molecule has 130 valence electrons. The van der Waals surface area contributed by atoms with Gasteiger partial charge in [0.1, 0.15) is 5.60 Å². The van der Waals surface area contributed by atoms with Crippen molar-refractivity contribution in [3.63, 3.8) is 0 Å². The maximum Gasteiger partial charge on any atom is 0.407 e. The Morgan fingerprint density at radius 1 is 1.17 bits per heavy atom. The van der Waals surface area contributed by atoms with Gasteiger partial charge in [-0.2, -0.15) is 0 Å². The molecule has 0 saturated heterocycles. The average Bonchev–Trinajstić information content (AvgIpc) is 2.43. The van der Waals surface area contributed by atoms with Crippen molar-refractivity contribution < 1.29 is 14.3 Å². The van der Waals surface area contributed by atoms with Gasteiger partial charge in [0, 0.05) is 18.0 Å². The van der Waals surface area contributed by atoms with Gasteiger partial charge in [-0.3, -0.25) is 4.79 Å². The molecule has 1 aromatic carbocycles. The van der Waals surface area contributed by atoms with Crippen molar-refractivity contribution in [1.82, 2.24) is 5.32 Å². The maximum atomic E-state index is 12.1. The highest BCUT2D eigenvalue weighted by atomic mass is 16.6. The van der Waals surface area contributed by atoms with Crippen molar-refractivity contribution in [2.24, 2.45) is 5.92 Å². The minimum absolute atomic E-state index is 0.178. The first-order valence-corrected chi connectivity index (χ1v) is 8.25. The van der Waals surface area contributed by atoms with Crippen LogP contribution in [-0.2, 0) is 9.53 Å². The molecule has 0 radical (unpaired) electrons. The summed E-state index contributed by atoms with van der Waals surface area (Å²) in [4.78, 5) is 24.0. The van der Waals surface area contributed by atoms with Crippen LogP contribution in [0, 0.1) is 17.8 Å². The molecule has 4 heteroatoms. The van der Waals surface area contributed by atoms with E-state index in [1.54, 1.807) is 20.8 Å². The number of hydrogen-bond acceptors (Lipinski definition) is 3. The van der Waals surface area contributed by atoms with Crippen LogP contribution in [0.25, 0.3) is 0 Å². The van der Waals surface area contributed by atoms with E-state index in [2.05, 4.69) is 17.2 Å². The van der Waals surface area contributed by atoms with Gasteiger partial charge >= 0.3 is 6.09 Å². The highest BCUT2D eigenvalue weighted by Crippen LogP contribution is 2.11.